The van der Waals surface area contributed by atoms with Crippen LogP contribution in [0.3, 0.4) is 0 Å². The molecule has 0 bridgehead atoms. The van der Waals surface area contributed by atoms with Gasteiger partial charge in [-0.15, -0.1) is 0 Å². The van der Waals surface area contributed by atoms with E-state index in [4.69, 9.17) is 5.26 Å². The molecule has 0 spiro atoms. The van der Waals surface area contributed by atoms with E-state index in [1.807, 2.05) is 33.8 Å². The van der Waals surface area contributed by atoms with Crippen LogP contribution in [0.1, 0.15) is 39.0 Å². The molecule has 0 unspecified atom stereocenters. The molecule has 0 atom stereocenters. The van der Waals surface area contributed by atoms with Crippen molar-refractivity contribution in [2.75, 3.05) is 11.4 Å². The Morgan fingerprint density at radius 1 is 1.25 bits per heavy atom. The van der Waals surface area contributed by atoms with Crippen molar-refractivity contribution >= 4 is 5.82 Å². The van der Waals surface area contributed by atoms with Crippen LogP contribution in [0.5, 0.6) is 0 Å². The molecule has 0 saturated carbocycles. The maximum atomic E-state index is 12.8. The summed E-state index contributed by atoms with van der Waals surface area (Å²) in [6, 6.07) is 3.89. The van der Waals surface area contributed by atoms with E-state index in [1.54, 1.807) is 4.90 Å². The van der Waals surface area contributed by atoms with Gasteiger partial charge in [0.15, 0.2) is 0 Å². The van der Waals surface area contributed by atoms with Crippen LogP contribution in [0.2, 0.25) is 0 Å². The average molecular weight is 285 g/mol. The van der Waals surface area contributed by atoms with Crippen LogP contribution in [-0.2, 0) is 6.18 Å². The molecule has 3 nitrogen and oxygen atoms in total. The Labute approximate surface area is 117 Å². The number of hydrogen-bond donors (Lipinski definition) is 0. The monoisotopic (exact) mass is 285 g/mol. The molecule has 0 saturated heterocycles. The molecule has 110 valence electrons. The van der Waals surface area contributed by atoms with E-state index in [-0.39, 0.29) is 23.3 Å². The summed E-state index contributed by atoms with van der Waals surface area (Å²) >= 11 is 0. The summed E-state index contributed by atoms with van der Waals surface area (Å²) in [4.78, 5) is 5.40. The number of anilines is 1. The van der Waals surface area contributed by atoms with Crippen molar-refractivity contribution in [2.45, 2.75) is 39.9 Å². The van der Waals surface area contributed by atoms with E-state index in [2.05, 4.69) is 4.98 Å². The van der Waals surface area contributed by atoms with Crippen molar-refractivity contribution in [3.05, 3.63) is 23.4 Å². The van der Waals surface area contributed by atoms with Gasteiger partial charge < -0.3 is 4.90 Å². The van der Waals surface area contributed by atoms with Crippen LogP contribution in [0.4, 0.5) is 19.0 Å². The number of pyridine rings is 1. The number of nitriles is 1. The van der Waals surface area contributed by atoms with Crippen molar-refractivity contribution in [3.63, 3.8) is 0 Å². The fourth-order valence-electron chi connectivity index (χ4n) is 1.85. The fraction of sp³-hybridized carbons (Fsp3) is 0.571. The number of nitrogens with zero attached hydrogens (tertiary/aromatic N) is 3. The zero-order valence-electron chi connectivity index (χ0n) is 12.0. The second-order valence-corrected chi connectivity index (χ2v) is 5.32. The smallest absolute Gasteiger partial charge is 0.353 e. The summed E-state index contributed by atoms with van der Waals surface area (Å²) in [5.74, 6) is 0.353. The molecule has 1 aromatic rings. The van der Waals surface area contributed by atoms with Crippen molar-refractivity contribution < 1.29 is 13.2 Å². The van der Waals surface area contributed by atoms with E-state index in [1.165, 1.54) is 6.07 Å². The molecule has 0 aliphatic carbocycles. The van der Waals surface area contributed by atoms with Crippen LogP contribution in [0.25, 0.3) is 0 Å². The normalized spacial score (nSPS) is 11.8. The summed E-state index contributed by atoms with van der Waals surface area (Å²) < 4.78 is 38.3. The SMILES string of the molecule is CC(C)CN(c1nc(C(F)(F)F)ccc1C#N)C(C)C. The number of alkyl halides is 3. The lowest BCUT2D eigenvalue weighted by Gasteiger charge is -2.30. The first kappa shape index (κ1) is 16.3. The zero-order valence-corrected chi connectivity index (χ0v) is 12.0. The number of rotatable bonds is 4. The Bertz CT molecular complexity index is 501. The molecule has 0 fully saturated rings. The third-order valence-corrected chi connectivity index (χ3v) is 2.74. The Morgan fingerprint density at radius 2 is 1.85 bits per heavy atom. The highest BCUT2D eigenvalue weighted by atomic mass is 19.4. The van der Waals surface area contributed by atoms with Crippen molar-refractivity contribution in [1.82, 2.24) is 4.98 Å². The number of hydrogen-bond acceptors (Lipinski definition) is 3. The molecule has 0 aliphatic rings. The lowest BCUT2D eigenvalue weighted by atomic mass is 10.1. The van der Waals surface area contributed by atoms with E-state index in [9.17, 15) is 13.2 Å². The molecule has 0 radical (unpaired) electrons. The van der Waals surface area contributed by atoms with E-state index >= 15 is 0 Å². The van der Waals surface area contributed by atoms with Crippen LogP contribution in [0.15, 0.2) is 12.1 Å². The van der Waals surface area contributed by atoms with Gasteiger partial charge in [-0.05, 0) is 31.9 Å². The standard InChI is InChI=1S/C14H18F3N3/c1-9(2)8-20(10(3)4)13-11(7-18)5-6-12(19-13)14(15,16)17/h5-6,9-10H,8H2,1-4H3. The molecular weight excluding hydrogens is 267 g/mol. The van der Waals surface area contributed by atoms with Crippen molar-refractivity contribution in [2.24, 2.45) is 5.92 Å². The average Bonchev–Trinajstić information content (AvgIpc) is 2.33. The molecule has 0 aliphatic heterocycles. The first-order valence-electron chi connectivity index (χ1n) is 6.41. The highest BCUT2D eigenvalue weighted by molar-refractivity contribution is 5.55. The van der Waals surface area contributed by atoms with Crippen LogP contribution < -0.4 is 4.90 Å². The molecule has 1 heterocycles. The van der Waals surface area contributed by atoms with Gasteiger partial charge in [0.2, 0.25) is 0 Å². The second kappa shape index (κ2) is 6.12. The van der Waals surface area contributed by atoms with Gasteiger partial charge in [-0.1, -0.05) is 13.8 Å². The first-order valence-corrected chi connectivity index (χ1v) is 6.41. The quantitative estimate of drug-likeness (QED) is 0.843. The zero-order chi connectivity index (χ0) is 15.5. The maximum Gasteiger partial charge on any atom is 0.433 e. The predicted molar refractivity (Wildman–Crippen MR) is 71.3 cm³/mol. The minimum Gasteiger partial charge on any atom is -0.353 e. The highest BCUT2D eigenvalue weighted by Crippen LogP contribution is 2.31. The topological polar surface area (TPSA) is 39.9 Å². The van der Waals surface area contributed by atoms with Gasteiger partial charge in [0.25, 0.3) is 0 Å². The van der Waals surface area contributed by atoms with Gasteiger partial charge in [-0.3, -0.25) is 0 Å². The minimum atomic E-state index is -4.51. The summed E-state index contributed by atoms with van der Waals surface area (Å²) in [5, 5.41) is 9.08. The molecule has 0 amide bonds. The van der Waals surface area contributed by atoms with Crippen LogP contribution >= 0.6 is 0 Å². The summed E-state index contributed by atoms with van der Waals surface area (Å²) in [6.07, 6.45) is -4.51. The van der Waals surface area contributed by atoms with Gasteiger partial charge in [-0.25, -0.2) is 4.98 Å². The van der Waals surface area contributed by atoms with Gasteiger partial charge >= 0.3 is 6.18 Å². The third kappa shape index (κ3) is 3.86. The first-order chi connectivity index (χ1) is 9.16. The Balaban J connectivity index is 3.34. The van der Waals surface area contributed by atoms with E-state index < -0.39 is 11.9 Å². The van der Waals surface area contributed by atoms with Crippen molar-refractivity contribution in [1.29, 1.82) is 5.26 Å². The minimum absolute atomic E-state index is 0.0412. The summed E-state index contributed by atoms with van der Waals surface area (Å²) in [6.45, 7) is 8.21. The Kier molecular flexibility index (Phi) is 4.98. The Morgan fingerprint density at radius 3 is 2.25 bits per heavy atom. The lowest BCUT2D eigenvalue weighted by molar-refractivity contribution is -0.141. The molecule has 20 heavy (non-hydrogen) atoms. The van der Waals surface area contributed by atoms with E-state index in [0.29, 0.717) is 6.54 Å². The van der Waals surface area contributed by atoms with Crippen LogP contribution in [0, 0.1) is 17.2 Å². The number of halogens is 3. The van der Waals surface area contributed by atoms with Gasteiger partial charge in [0.05, 0.1) is 5.56 Å². The highest BCUT2D eigenvalue weighted by Gasteiger charge is 2.34. The molecule has 6 heteroatoms. The molecular formula is C14H18F3N3. The fourth-order valence-corrected chi connectivity index (χ4v) is 1.85. The molecule has 0 N–H and O–H groups in total. The Hall–Kier alpha value is -1.77. The van der Waals surface area contributed by atoms with Crippen molar-refractivity contribution in [3.8, 4) is 6.07 Å². The maximum absolute atomic E-state index is 12.8. The lowest BCUT2D eigenvalue weighted by Crippen LogP contribution is -2.35. The van der Waals surface area contributed by atoms with Gasteiger partial charge in [0, 0.05) is 12.6 Å². The van der Waals surface area contributed by atoms with E-state index in [0.717, 1.165) is 6.07 Å². The summed E-state index contributed by atoms with van der Waals surface area (Å²) in [5.41, 5.74) is -0.812. The van der Waals surface area contributed by atoms with Gasteiger partial charge in [0.1, 0.15) is 17.6 Å². The van der Waals surface area contributed by atoms with Gasteiger partial charge in [-0.2, -0.15) is 18.4 Å². The number of aromatic nitrogens is 1. The molecule has 0 aromatic carbocycles. The van der Waals surface area contributed by atoms with Crippen LogP contribution in [-0.4, -0.2) is 17.6 Å². The third-order valence-electron chi connectivity index (χ3n) is 2.74. The predicted octanol–water partition coefficient (Wildman–Crippen LogP) is 3.84. The summed E-state index contributed by atoms with van der Waals surface area (Å²) in [7, 11) is 0. The second-order valence-electron chi connectivity index (χ2n) is 5.32. The largest absolute Gasteiger partial charge is 0.433 e. The molecule has 1 aromatic heterocycles. The molecule has 1 rings (SSSR count).